The fraction of sp³-hybridized carbons (Fsp3) is 0.600. The zero-order chi connectivity index (χ0) is 18.4. The van der Waals surface area contributed by atoms with E-state index in [2.05, 4.69) is 0 Å². The van der Waals surface area contributed by atoms with E-state index in [9.17, 15) is 9.59 Å². The van der Waals surface area contributed by atoms with Crippen molar-refractivity contribution in [2.75, 3.05) is 26.3 Å². The van der Waals surface area contributed by atoms with Crippen LogP contribution in [0.5, 0.6) is 0 Å². The molecule has 0 N–H and O–H groups in total. The molecule has 6 heteroatoms. The van der Waals surface area contributed by atoms with Crippen molar-refractivity contribution < 1.29 is 23.8 Å². The SMILES string of the molecule is CCOC(=O)C1(COC2CC2)CCCN(C(=O)OCc2ccccc2)C1. The van der Waals surface area contributed by atoms with Gasteiger partial charge in [0.2, 0.25) is 0 Å². The van der Waals surface area contributed by atoms with Crippen LogP contribution >= 0.6 is 0 Å². The summed E-state index contributed by atoms with van der Waals surface area (Å²) in [6, 6.07) is 9.56. The number of hydrogen-bond donors (Lipinski definition) is 0. The summed E-state index contributed by atoms with van der Waals surface area (Å²) in [5.41, 5.74) is 0.148. The molecule has 6 nitrogen and oxygen atoms in total. The molecule has 1 aliphatic carbocycles. The third-order valence-electron chi connectivity index (χ3n) is 4.87. The van der Waals surface area contributed by atoms with E-state index >= 15 is 0 Å². The van der Waals surface area contributed by atoms with Crippen molar-refractivity contribution in [2.24, 2.45) is 5.41 Å². The van der Waals surface area contributed by atoms with Crippen LogP contribution in [0.2, 0.25) is 0 Å². The Hall–Kier alpha value is -2.08. The lowest BCUT2D eigenvalue weighted by atomic mass is 9.80. The lowest BCUT2D eigenvalue weighted by Gasteiger charge is -2.40. The van der Waals surface area contributed by atoms with Crippen molar-refractivity contribution in [3.63, 3.8) is 0 Å². The number of ether oxygens (including phenoxy) is 3. The predicted molar refractivity (Wildman–Crippen MR) is 95.5 cm³/mol. The summed E-state index contributed by atoms with van der Waals surface area (Å²) in [5, 5.41) is 0. The molecule has 0 aromatic heterocycles. The number of hydrogen-bond acceptors (Lipinski definition) is 5. The molecular weight excluding hydrogens is 334 g/mol. The van der Waals surface area contributed by atoms with Gasteiger partial charge in [-0.3, -0.25) is 4.79 Å². The second-order valence-corrected chi connectivity index (χ2v) is 7.08. The van der Waals surface area contributed by atoms with Gasteiger partial charge in [0.05, 0.1) is 19.3 Å². The van der Waals surface area contributed by atoms with Crippen molar-refractivity contribution in [2.45, 2.75) is 45.3 Å². The number of likely N-dealkylation sites (tertiary alicyclic amines) is 1. The number of rotatable bonds is 7. The van der Waals surface area contributed by atoms with E-state index in [0.29, 0.717) is 26.2 Å². The van der Waals surface area contributed by atoms with Gasteiger partial charge >= 0.3 is 12.1 Å². The molecule has 0 radical (unpaired) electrons. The molecular formula is C20H27NO5. The predicted octanol–water partition coefficient (Wildman–Crippen LogP) is 3.15. The maximum Gasteiger partial charge on any atom is 0.410 e. The Balaban J connectivity index is 1.61. The summed E-state index contributed by atoms with van der Waals surface area (Å²) in [6.45, 7) is 3.51. The Labute approximate surface area is 154 Å². The molecule has 1 saturated carbocycles. The van der Waals surface area contributed by atoms with Gasteiger partial charge in [0.25, 0.3) is 0 Å². The van der Waals surface area contributed by atoms with Gasteiger partial charge in [0.15, 0.2) is 0 Å². The largest absolute Gasteiger partial charge is 0.465 e. The molecule has 2 aliphatic rings. The summed E-state index contributed by atoms with van der Waals surface area (Å²) >= 11 is 0. The smallest absolute Gasteiger partial charge is 0.410 e. The standard InChI is InChI=1S/C20H27NO5/c1-2-24-18(22)20(15-26-17-9-10-17)11-6-12-21(14-20)19(23)25-13-16-7-4-3-5-8-16/h3-5,7-8,17H,2,6,9-15H2,1H3. The van der Waals surface area contributed by atoms with Crippen molar-refractivity contribution in [1.29, 1.82) is 0 Å². The minimum atomic E-state index is -0.789. The van der Waals surface area contributed by atoms with Crippen LogP contribution < -0.4 is 0 Å². The first-order valence-corrected chi connectivity index (χ1v) is 9.37. The molecule has 1 saturated heterocycles. The summed E-state index contributed by atoms with van der Waals surface area (Å²) in [6.07, 6.45) is 3.34. The van der Waals surface area contributed by atoms with Gasteiger partial charge in [-0.2, -0.15) is 0 Å². The van der Waals surface area contributed by atoms with Crippen molar-refractivity contribution in [1.82, 2.24) is 4.90 Å². The van der Waals surface area contributed by atoms with Gasteiger partial charge in [-0.25, -0.2) is 4.79 Å². The average Bonchev–Trinajstić information content (AvgIpc) is 3.50. The minimum Gasteiger partial charge on any atom is -0.465 e. The molecule has 26 heavy (non-hydrogen) atoms. The molecule has 1 atom stereocenters. The maximum atomic E-state index is 12.6. The van der Waals surface area contributed by atoms with E-state index in [4.69, 9.17) is 14.2 Å². The van der Waals surface area contributed by atoms with E-state index in [-0.39, 0.29) is 25.2 Å². The van der Waals surface area contributed by atoms with E-state index < -0.39 is 11.5 Å². The monoisotopic (exact) mass is 361 g/mol. The maximum absolute atomic E-state index is 12.6. The number of esters is 1. The summed E-state index contributed by atoms with van der Waals surface area (Å²) in [7, 11) is 0. The molecule has 1 aromatic rings. The lowest BCUT2D eigenvalue weighted by molar-refractivity contribution is -0.164. The van der Waals surface area contributed by atoms with E-state index in [1.165, 1.54) is 0 Å². The Bertz CT molecular complexity index is 616. The van der Waals surface area contributed by atoms with Gasteiger partial charge in [-0.15, -0.1) is 0 Å². The highest BCUT2D eigenvalue weighted by Crippen LogP contribution is 2.35. The fourth-order valence-corrected chi connectivity index (χ4v) is 3.24. The molecule has 2 fully saturated rings. The summed E-state index contributed by atoms with van der Waals surface area (Å²) in [4.78, 5) is 26.7. The Kier molecular flexibility index (Phi) is 6.14. The molecule has 142 valence electrons. The van der Waals surface area contributed by atoms with E-state index in [1.807, 2.05) is 30.3 Å². The number of piperidine rings is 1. The van der Waals surface area contributed by atoms with E-state index in [0.717, 1.165) is 24.8 Å². The lowest BCUT2D eigenvalue weighted by Crippen LogP contribution is -2.53. The first-order chi connectivity index (χ1) is 12.6. The normalized spacial score (nSPS) is 22.7. The van der Waals surface area contributed by atoms with Crippen LogP contribution in [0, 0.1) is 5.41 Å². The highest BCUT2D eigenvalue weighted by Gasteiger charge is 2.46. The highest BCUT2D eigenvalue weighted by atomic mass is 16.6. The van der Waals surface area contributed by atoms with Gasteiger partial charge in [0.1, 0.15) is 12.0 Å². The number of carbonyl (C=O) groups is 2. The molecule has 1 aromatic carbocycles. The first kappa shape index (κ1) is 18.7. The number of amides is 1. The van der Waals surface area contributed by atoms with Crippen molar-refractivity contribution >= 4 is 12.1 Å². The van der Waals surface area contributed by atoms with E-state index in [1.54, 1.807) is 11.8 Å². The average molecular weight is 361 g/mol. The van der Waals surface area contributed by atoms with Gasteiger partial charge in [-0.05, 0) is 38.2 Å². The zero-order valence-electron chi connectivity index (χ0n) is 15.3. The van der Waals surface area contributed by atoms with Crippen LogP contribution in [0.4, 0.5) is 4.79 Å². The second kappa shape index (κ2) is 8.54. The molecule has 1 amide bonds. The minimum absolute atomic E-state index is 0.223. The molecule has 0 bridgehead atoms. The van der Waals surface area contributed by atoms with Crippen molar-refractivity contribution in [3.8, 4) is 0 Å². The summed E-state index contributed by atoms with van der Waals surface area (Å²) in [5.74, 6) is -0.277. The van der Waals surface area contributed by atoms with Crippen LogP contribution in [0.3, 0.4) is 0 Å². The molecule has 1 unspecified atom stereocenters. The Morgan fingerprint density at radius 3 is 2.65 bits per heavy atom. The van der Waals surface area contributed by atoms with Crippen LogP contribution in [-0.4, -0.2) is 49.4 Å². The highest BCUT2D eigenvalue weighted by molar-refractivity contribution is 5.79. The third-order valence-corrected chi connectivity index (χ3v) is 4.87. The van der Waals surface area contributed by atoms with Crippen LogP contribution in [0.25, 0.3) is 0 Å². The van der Waals surface area contributed by atoms with Crippen LogP contribution in [0.15, 0.2) is 30.3 Å². The first-order valence-electron chi connectivity index (χ1n) is 9.37. The van der Waals surface area contributed by atoms with Crippen LogP contribution in [-0.2, 0) is 25.6 Å². The summed E-state index contributed by atoms with van der Waals surface area (Å²) < 4.78 is 16.6. The van der Waals surface area contributed by atoms with Gasteiger partial charge < -0.3 is 19.1 Å². The van der Waals surface area contributed by atoms with Crippen molar-refractivity contribution in [3.05, 3.63) is 35.9 Å². The number of benzene rings is 1. The van der Waals surface area contributed by atoms with Crippen LogP contribution in [0.1, 0.15) is 38.2 Å². The third kappa shape index (κ3) is 4.75. The number of nitrogens with zero attached hydrogens (tertiary/aromatic N) is 1. The second-order valence-electron chi connectivity index (χ2n) is 7.08. The number of carbonyl (C=O) groups excluding carboxylic acids is 2. The Morgan fingerprint density at radius 1 is 1.19 bits per heavy atom. The molecule has 1 aliphatic heterocycles. The molecule has 3 rings (SSSR count). The zero-order valence-corrected chi connectivity index (χ0v) is 15.3. The quantitative estimate of drug-likeness (QED) is 0.698. The van der Waals surface area contributed by atoms with Gasteiger partial charge in [-0.1, -0.05) is 30.3 Å². The topological polar surface area (TPSA) is 65.1 Å². The molecule has 0 spiro atoms. The fourth-order valence-electron chi connectivity index (χ4n) is 3.24. The Morgan fingerprint density at radius 2 is 1.96 bits per heavy atom. The van der Waals surface area contributed by atoms with Gasteiger partial charge in [0, 0.05) is 13.1 Å². The molecule has 1 heterocycles.